The van der Waals surface area contributed by atoms with Crippen LogP contribution in [0.4, 0.5) is 0 Å². The lowest BCUT2D eigenvalue weighted by Crippen LogP contribution is -2.55. The molecule has 18 heteroatoms. The number of carbonyl (C=O) groups is 6. The molecule has 0 fully saturated rings. The van der Waals surface area contributed by atoms with Gasteiger partial charge in [0.1, 0.15) is 19.8 Å². The average molecular weight is 694 g/mol. The lowest BCUT2D eigenvalue weighted by atomic mass is 10.5. The van der Waals surface area contributed by atoms with E-state index in [4.69, 9.17) is 14.2 Å². The minimum atomic E-state index is -1.17. The van der Waals surface area contributed by atoms with Gasteiger partial charge in [0.2, 0.25) is 0 Å². The van der Waals surface area contributed by atoms with Crippen LogP contribution in [0.3, 0.4) is 0 Å². The summed E-state index contributed by atoms with van der Waals surface area (Å²) in [6.45, 7) is 3.76. The van der Waals surface area contributed by atoms with Gasteiger partial charge in [0, 0.05) is 18.2 Å². The van der Waals surface area contributed by atoms with E-state index >= 15 is 0 Å². The maximum Gasteiger partial charge on any atom is 0.344 e. The van der Waals surface area contributed by atoms with Crippen LogP contribution in [0.25, 0.3) is 0 Å². The van der Waals surface area contributed by atoms with Gasteiger partial charge < -0.3 is 28.4 Å². The highest BCUT2D eigenvalue weighted by Gasteiger charge is 2.18. The van der Waals surface area contributed by atoms with E-state index in [0.29, 0.717) is 13.7 Å². The molecule has 1 aromatic rings. The van der Waals surface area contributed by atoms with Gasteiger partial charge in [-0.1, -0.05) is 64.3 Å². The van der Waals surface area contributed by atoms with Crippen LogP contribution in [0.15, 0.2) is 52.3 Å². The number of ether oxygens (including phenoxy) is 6. The van der Waals surface area contributed by atoms with Crippen LogP contribution in [0.5, 0.6) is 0 Å². The fourth-order valence-electron chi connectivity index (χ4n) is 2.70. The summed E-state index contributed by atoms with van der Waals surface area (Å²) in [5, 5.41) is 0. The highest BCUT2D eigenvalue weighted by atomic mass is 16.6. The average Bonchev–Trinajstić information content (AvgIpc) is 2.98. The highest BCUT2D eigenvalue weighted by molar-refractivity contribution is 5.84. The van der Waals surface area contributed by atoms with Crippen molar-refractivity contribution in [2.24, 2.45) is 0 Å². The predicted molar refractivity (Wildman–Crippen MR) is 176 cm³/mol. The molecule has 0 spiro atoms. The molecular formula is C30H51N3O15. The van der Waals surface area contributed by atoms with E-state index in [-0.39, 0.29) is 44.6 Å². The SMILES string of the molecule is C.C.C.C.C.C.C=CC(=O)OCC(=O)OCCn1c(=O)n(CCOC(=O)COC(=O)C=C)c(=O)n(CCOC(=O)COC(=O)C=C)c1=O. The summed E-state index contributed by atoms with van der Waals surface area (Å²) in [6.07, 6.45) is 2.44. The first-order valence-electron chi connectivity index (χ1n) is 11.7. The maximum absolute atomic E-state index is 12.9. The summed E-state index contributed by atoms with van der Waals surface area (Å²) in [6, 6.07) is 0. The molecule has 0 atom stereocenters. The molecule has 18 nitrogen and oxygen atoms in total. The molecule has 0 bridgehead atoms. The molecule has 48 heavy (non-hydrogen) atoms. The Bertz CT molecular complexity index is 1210. The van der Waals surface area contributed by atoms with E-state index < -0.39 is 112 Å². The maximum atomic E-state index is 12.9. The Hall–Kier alpha value is -5.55. The lowest BCUT2D eigenvalue weighted by Gasteiger charge is -2.14. The Morgan fingerprint density at radius 1 is 0.438 bits per heavy atom. The lowest BCUT2D eigenvalue weighted by molar-refractivity contribution is -0.156. The largest absolute Gasteiger partial charge is 0.461 e. The van der Waals surface area contributed by atoms with Crippen LogP contribution in [0, 0.1) is 0 Å². The Morgan fingerprint density at radius 3 is 0.833 bits per heavy atom. The Morgan fingerprint density at radius 2 is 0.646 bits per heavy atom. The van der Waals surface area contributed by atoms with Crippen LogP contribution in [-0.4, -0.2) is 89.2 Å². The van der Waals surface area contributed by atoms with Gasteiger partial charge in [-0.3, -0.25) is 0 Å². The van der Waals surface area contributed by atoms with Crippen molar-refractivity contribution in [2.75, 3.05) is 39.6 Å². The fourth-order valence-corrected chi connectivity index (χ4v) is 2.70. The van der Waals surface area contributed by atoms with Gasteiger partial charge in [-0.25, -0.2) is 56.9 Å². The third-order valence-electron chi connectivity index (χ3n) is 4.62. The molecule has 1 heterocycles. The molecular weight excluding hydrogens is 642 g/mol. The van der Waals surface area contributed by atoms with E-state index in [1.807, 2.05) is 0 Å². The summed E-state index contributed by atoms with van der Waals surface area (Å²) >= 11 is 0. The number of rotatable bonds is 18. The summed E-state index contributed by atoms with van der Waals surface area (Å²) < 4.78 is 29.5. The van der Waals surface area contributed by atoms with Crippen molar-refractivity contribution in [2.45, 2.75) is 64.2 Å². The number of hydrogen-bond acceptors (Lipinski definition) is 15. The number of esters is 6. The zero-order chi connectivity index (χ0) is 31.7. The molecule has 0 amide bonds. The van der Waals surface area contributed by atoms with Gasteiger partial charge in [-0.2, -0.15) is 0 Å². The molecule has 0 aliphatic carbocycles. The number of carbonyl (C=O) groups excluding carboxylic acids is 6. The van der Waals surface area contributed by atoms with Crippen molar-refractivity contribution in [3.8, 4) is 0 Å². The summed E-state index contributed by atoms with van der Waals surface area (Å²) in [7, 11) is 0. The first-order chi connectivity index (χ1) is 19.9. The van der Waals surface area contributed by atoms with Crippen molar-refractivity contribution in [3.63, 3.8) is 0 Å². The van der Waals surface area contributed by atoms with Crippen molar-refractivity contribution < 1.29 is 57.2 Å². The minimum absolute atomic E-state index is 0. The van der Waals surface area contributed by atoms with Crippen LogP contribution < -0.4 is 17.1 Å². The topological polar surface area (TPSA) is 224 Å². The van der Waals surface area contributed by atoms with Crippen LogP contribution in [0.1, 0.15) is 44.6 Å². The van der Waals surface area contributed by atoms with E-state index in [2.05, 4.69) is 33.9 Å². The molecule has 0 unspecified atom stereocenters. The first kappa shape index (κ1) is 54.9. The fraction of sp³-hybridized carbons (Fsp3) is 0.500. The number of nitrogens with zero attached hydrogens (tertiary/aromatic N) is 3. The highest BCUT2D eigenvalue weighted by Crippen LogP contribution is 1.90. The Balaban J connectivity index is -0.000000735. The molecule has 276 valence electrons. The molecule has 1 aromatic heterocycles. The van der Waals surface area contributed by atoms with Crippen LogP contribution in [0.2, 0.25) is 0 Å². The summed E-state index contributed by atoms with van der Waals surface area (Å²) in [4.78, 5) is 107. The smallest absolute Gasteiger partial charge is 0.344 e. The molecule has 1 rings (SSSR count). The second-order valence-electron chi connectivity index (χ2n) is 7.40. The van der Waals surface area contributed by atoms with Gasteiger partial charge >= 0.3 is 52.9 Å². The van der Waals surface area contributed by atoms with Crippen molar-refractivity contribution in [1.29, 1.82) is 0 Å². The Labute approximate surface area is 280 Å². The molecule has 0 aliphatic rings. The van der Waals surface area contributed by atoms with E-state index in [1.165, 1.54) is 0 Å². The minimum Gasteiger partial charge on any atom is -0.461 e. The summed E-state index contributed by atoms with van der Waals surface area (Å²) in [5.41, 5.74) is -3.51. The number of aromatic nitrogens is 3. The van der Waals surface area contributed by atoms with Crippen LogP contribution >= 0.6 is 0 Å². The van der Waals surface area contributed by atoms with E-state index in [1.54, 1.807) is 0 Å². The molecule has 0 aliphatic heterocycles. The zero-order valence-corrected chi connectivity index (χ0v) is 22.2. The molecule has 0 radical (unpaired) electrons. The Kier molecular flexibility index (Phi) is 33.0. The molecule has 0 N–H and O–H groups in total. The standard InChI is InChI=1S/C24H27N3O15.6CH4/c1-4-16(28)40-13-19(31)37-10-7-25-22(34)26(8-11-38-20(32)14-41-17(29)5-2)24(36)27(23(25)35)9-12-39-21(33)15-42-18(30)6-3;;;;;;/h4-6H,1-3,7-15H2;6*1H4. The normalized spacial score (nSPS) is 8.75. The van der Waals surface area contributed by atoms with Gasteiger partial charge in [-0.15, -0.1) is 0 Å². The van der Waals surface area contributed by atoms with Gasteiger partial charge in [0.25, 0.3) is 0 Å². The molecule has 0 saturated carbocycles. The van der Waals surface area contributed by atoms with Crippen molar-refractivity contribution in [1.82, 2.24) is 13.7 Å². The monoisotopic (exact) mass is 693 g/mol. The quantitative estimate of drug-likeness (QED) is 0.118. The summed E-state index contributed by atoms with van der Waals surface area (Å²) in [5.74, 6) is -5.72. The van der Waals surface area contributed by atoms with Crippen molar-refractivity contribution in [3.05, 3.63) is 69.4 Å². The molecule has 0 saturated heterocycles. The van der Waals surface area contributed by atoms with E-state index in [0.717, 1.165) is 18.2 Å². The third kappa shape index (κ3) is 19.1. The predicted octanol–water partition coefficient (Wildman–Crippen LogP) is 0.806. The van der Waals surface area contributed by atoms with Gasteiger partial charge in [0.05, 0.1) is 19.6 Å². The van der Waals surface area contributed by atoms with E-state index in [9.17, 15) is 43.2 Å². The first-order valence-corrected chi connectivity index (χ1v) is 11.7. The van der Waals surface area contributed by atoms with Crippen LogP contribution in [-0.2, 0) is 76.8 Å². The van der Waals surface area contributed by atoms with Gasteiger partial charge in [-0.05, 0) is 0 Å². The number of hydrogen-bond donors (Lipinski definition) is 0. The molecule has 0 aromatic carbocycles. The van der Waals surface area contributed by atoms with Gasteiger partial charge in [0.15, 0.2) is 19.8 Å². The second kappa shape index (κ2) is 28.9. The third-order valence-corrected chi connectivity index (χ3v) is 4.62. The zero-order valence-electron chi connectivity index (χ0n) is 22.2. The second-order valence-corrected chi connectivity index (χ2v) is 7.40. The van der Waals surface area contributed by atoms with Crippen molar-refractivity contribution >= 4 is 35.8 Å².